The first-order chi connectivity index (χ1) is 23.3. The molecule has 0 aliphatic rings. The van der Waals surface area contributed by atoms with Crippen LogP contribution in [0.25, 0.3) is 99.3 Å². The summed E-state index contributed by atoms with van der Waals surface area (Å²) in [5.74, 6) is 1.81. The number of nitrogens with zero attached hydrogens (tertiary/aromatic N) is 4. The minimum absolute atomic E-state index is 0.583. The Hall–Kier alpha value is -6.46. The van der Waals surface area contributed by atoms with E-state index in [0.717, 1.165) is 43.8 Å². The molecule has 0 unspecified atom stereocenters. The van der Waals surface area contributed by atoms with Crippen LogP contribution in [0.3, 0.4) is 0 Å². The van der Waals surface area contributed by atoms with Gasteiger partial charge >= 0.3 is 0 Å². The standard InChI is InChI=1S/C42H24N4O/c1-2-9-28-23-30(19-14-25(28)7-1)39-44-40(46-41(45-39)34-11-5-13-36-38(34)35-12-6-22-43-42(35)47-36)31-20-21-33-29(24-31)18-17-27-16-15-26-8-3-4-10-32(26)37(27)33/h1-24H. The number of rotatable bonds is 3. The molecule has 0 amide bonds. The maximum absolute atomic E-state index is 6.12. The van der Waals surface area contributed by atoms with Gasteiger partial charge in [0, 0.05) is 33.7 Å². The first-order valence-electron chi connectivity index (χ1n) is 15.6. The number of pyridine rings is 1. The highest BCUT2D eigenvalue weighted by Gasteiger charge is 2.18. The third kappa shape index (κ3) is 4.10. The van der Waals surface area contributed by atoms with Gasteiger partial charge < -0.3 is 4.42 Å². The summed E-state index contributed by atoms with van der Waals surface area (Å²) in [6, 6.07) is 48.5. The molecule has 0 aliphatic carbocycles. The van der Waals surface area contributed by atoms with E-state index in [1.165, 1.54) is 32.3 Å². The lowest BCUT2D eigenvalue weighted by Gasteiger charge is -2.12. The van der Waals surface area contributed by atoms with E-state index in [1.807, 2.05) is 30.3 Å². The number of furan rings is 1. The Balaban J connectivity index is 1.22. The predicted molar refractivity (Wildman–Crippen MR) is 191 cm³/mol. The third-order valence-corrected chi connectivity index (χ3v) is 9.14. The fourth-order valence-electron chi connectivity index (χ4n) is 6.90. The predicted octanol–water partition coefficient (Wildman–Crippen LogP) is 10.8. The molecule has 0 bridgehead atoms. The highest BCUT2D eigenvalue weighted by Crippen LogP contribution is 2.37. The number of hydrogen-bond donors (Lipinski definition) is 0. The topological polar surface area (TPSA) is 64.7 Å². The average molecular weight is 601 g/mol. The average Bonchev–Trinajstić information content (AvgIpc) is 3.53. The second kappa shape index (κ2) is 10.0. The van der Waals surface area contributed by atoms with Crippen molar-refractivity contribution < 1.29 is 4.42 Å². The zero-order chi connectivity index (χ0) is 30.9. The van der Waals surface area contributed by atoms with Crippen LogP contribution >= 0.6 is 0 Å². The number of fused-ring (bicyclic) bond motifs is 9. The van der Waals surface area contributed by atoms with Gasteiger partial charge in [0.2, 0.25) is 5.71 Å². The monoisotopic (exact) mass is 600 g/mol. The Morgan fingerprint density at radius 2 is 1.04 bits per heavy atom. The molecular formula is C42H24N4O. The van der Waals surface area contributed by atoms with Crippen molar-refractivity contribution in [3.63, 3.8) is 0 Å². The molecule has 0 aliphatic heterocycles. The van der Waals surface area contributed by atoms with Crippen molar-refractivity contribution in [2.24, 2.45) is 0 Å². The van der Waals surface area contributed by atoms with Gasteiger partial charge in [0.05, 0.1) is 0 Å². The molecule has 218 valence electrons. The molecule has 0 fully saturated rings. The van der Waals surface area contributed by atoms with E-state index < -0.39 is 0 Å². The van der Waals surface area contributed by atoms with Gasteiger partial charge in [-0.3, -0.25) is 0 Å². The smallest absolute Gasteiger partial charge is 0.227 e. The lowest BCUT2D eigenvalue weighted by atomic mass is 9.95. The zero-order valence-corrected chi connectivity index (χ0v) is 25.1. The summed E-state index contributed by atoms with van der Waals surface area (Å²) in [5.41, 5.74) is 4.06. The second-order valence-corrected chi connectivity index (χ2v) is 11.9. The van der Waals surface area contributed by atoms with Crippen LogP contribution in [-0.4, -0.2) is 19.9 Å². The minimum Gasteiger partial charge on any atom is -0.438 e. The van der Waals surface area contributed by atoms with Gasteiger partial charge in [-0.1, -0.05) is 109 Å². The molecule has 0 spiro atoms. The molecule has 10 aromatic rings. The van der Waals surface area contributed by atoms with Gasteiger partial charge in [-0.15, -0.1) is 0 Å². The first-order valence-corrected chi connectivity index (χ1v) is 15.6. The van der Waals surface area contributed by atoms with Crippen molar-refractivity contribution in [2.45, 2.75) is 0 Å². The van der Waals surface area contributed by atoms with Gasteiger partial charge in [-0.25, -0.2) is 19.9 Å². The molecule has 3 heterocycles. The minimum atomic E-state index is 0.583. The van der Waals surface area contributed by atoms with E-state index in [1.54, 1.807) is 6.20 Å². The Kier molecular flexibility index (Phi) is 5.51. The van der Waals surface area contributed by atoms with Crippen molar-refractivity contribution in [3.05, 3.63) is 146 Å². The maximum atomic E-state index is 6.12. The molecule has 0 saturated carbocycles. The van der Waals surface area contributed by atoms with Crippen LogP contribution in [0.2, 0.25) is 0 Å². The van der Waals surface area contributed by atoms with Crippen molar-refractivity contribution in [1.82, 2.24) is 19.9 Å². The summed E-state index contributed by atoms with van der Waals surface area (Å²) < 4.78 is 6.12. The summed E-state index contributed by atoms with van der Waals surface area (Å²) in [7, 11) is 0. The van der Waals surface area contributed by atoms with E-state index >= 15 is 0 Å². The van der Waals surface area contributed by atoms with E-state index in [0.29, 0.717) is 23.2 Å². The summed E-state index contributed by atoms with van der Waals surface area (Å²) in [6.45, 7) is 0. The molecule has 0 saturated heterocycles. The van der Waals surface area contributed by atoms with Crippen LogP contribution in [0.1, 0.15) is 0 Å². The molecule has 5 heteroatoms. The molecule has 5 nitrogen and oxygen atoms in total. The largest absolute Gasteiger partial charge is 0.438 e. The number of hydrogen-bond acceptors (Lipinski definition) is 5. The van der Waals surface area contributed by atoms with Crippen LogP contribution in [0.15, 0.2) is 150 Å². The summed E-state index contributed by atoms with van der Waals surface area (Å²) in [5, 5.41) is 11.5. The molecule has 0 N–H and O–H groups in total. The van der Waals surface area contributed by atoms with Gasteiger partial charge in [-0.2, -0.15) is 0 Å². The van der Waals surface area contributed by atoms with E-state index in [4.69, 9.17) is 19.4 Å². The Labute approximate surface area is 268 Å². The highest BCUT2D eigenvalue weighted by atomic mass is 16.3. The van der Waals surface area contributed by atoms with Crippen LogP contribution in [-0.2, 0) is 0 Å². The fourth-order valence-corrected chi connectivity index (χ4v) is 6.90. The summed E-state index contributed by atoms with van der Waals surface area (Å²) in [4.78, 5) is 19.8. The van der Waals surface area contributed by atoms with E-state index in [9.17, 15) is 0 Å². The third-order valence-electron chi connectivity index (χ3n) is 9.14. The van der Waals surface area contributed by atoms with Crippen LogP contribution in [0.4, 0.5) is 0 Å². The molecule has 0 radical (unpaired) electrons. The molecule has 10 rings (SSSR count). The first kappa shape index (κ1) is 25.8. The SMILES string of the molecule is c1ccc2cc(-c3nc(-c4ccc5c(ccc6ccc7ccccc7c65)c4)nc(-c4cccc5oc6ncccc6c45)n3)ccc2c1. The van der Waals surface area contributed by atoms with Gasteiger partial charge in [0.25, 0.3) is 0 Å². The van der Waals surface area contributed by atoms with E-state index in [-0.39, 0.29) is 0 Å². The molecule has 3 aromatic heterocycles. The van der Waals surface area contributed by atoms with Crippen LogP contribution in [0, 0.1) is 0 Å². The van der Waals surface area contributed by atoms with Gasteiger partial charge in [0.1, 0.15) is 5.58 Å². The van der Waals surface area contributed by atoms with Crippen molar-refractivity contribution in [1.29, 1.82) is 0 Å². The molecular weight excluding hydrogens is 576 g/mol. The van der Waals surface area contributed by atoms with Crippen molar-refractivity contribution >= 4 is 65.2 Å². The second-order valence-electron chi connectivity index (χ2n) is 11.9. The number of aromatic nitrogens is 4. The van der Waals surface area contributed by atoms with Crippen molar-refractivity contribution in [2.75, 3.05) is 0 Å². The summed E-state index contributed by atoms with van der Waals surface area (Å²) >= 11 is 0. The Morgan fingerprint density at radius 3 is 1.91 bits per heavy atom. The maximum Gasteiger partial charge on any atom is 0.227 e. The number of benzene rings is 7. The normalized spacial score (nSPS) is 11.8. The molecule has 0 atom stereocenters. The summed E-state index contributed by atoms with van der Waals surface area (Å²) in [6.07, 6.45) is 1.75. The lowest BCUT2D eigenvalue weighted by Crippen LogP contribution is -2.00. The highest BCUT2D eigenvalue weighted by molar-refractivity contribution is 6.20. The van der Waals surface area contributed by atoms with Crippen molar-refractivity contribution in [3.8, 4) is 34.2 Å². The Bertz CT molecular complexity index is 2870. The van der Waals surface area contributed by atoms with Crippen LogP contribution < -0.4 is 0 Å². The van der Waals surface area contributed by atoms with Crippen LogP contribution in [0.5, 0.6) is 0 Å². The van der Waals surface area contributed by atoms with Gasteiger partial charge in [-0.05, 0) is 73.4 Å². The molecule has 47 heavy (non-hydrogen) atoms. The molecule has 7 aromatic carbocycles. The fraction of sp³-hybridized carbons (Fsp3) is 0. The quantitative estimate of drug-likeness (QED) is 0.189. The zero-order valence-electron chi connectivity index (χ0n) is 25.1. The lowest BCUT2D eigenvalue weighted by molar-refractivity contribution is 0.654. The Morgan fingerprint density at radius 1 is 0.404 bits per heavy atom. The van der Waals surface area contributed by atoms with E-state index in [2.05, 4.69) is 114 Å². The van der Waals surface area contributed by atoms with Gasteiger partial charge in [0.15, 0.2) is 17.5 Å².